The second-order valence-electron chi connectivity index (χ2n) is 8.05. The third-order valence-corrected chi connectivity index (χ3v) is 7.59. The lowest BCUT2D eigenvalue weighted by Crippen LogP contribution is -2.40. The summed E-state index contributed by atoms with van der Waals surface area (Å²) in [6.45, 7) is 2.11. The van der Waals surface area contributed by atoms with E-state index in [-0.39, 0.29) is 31.1 Å². The Morgan fingerprint density at radius 1 is 0.906 bits per heavy atom. The third-order valence-electron chi connectivity index (χ3n) is 5.71. The van der Waals surface area contributed by atoms with Crippen molar-refractivity contribution in [2.45, 2.75) is 30.9 Å². The SMILES string of the molecule is Cc1ccc(S(=O)(=O)N(CCCO)C[C@H](O)Cn2c3ccccc3c3ccccc32)cc1. The van der Waals surface area contributed by atoms with Crippen molar-refractivity contribution in [3.8, 4) is 0 Å². The second-order valence-corrected chi connectivity index (χ2v) is 9.99. The van der Waals surface area contributed by atoms with E-state index >= 15 is 0 Å². The summed E-state index contributed by atoms with van der Waals surface area (Å²) in [5.74, 6) is 0. The predicted octanol–water partition coefficient (Wildman–Crippen LogP) is 3.54. The summed E-state index contributed by atoms with van der Waals surface area (Å²) in [5.41, 5.74) is 2.96. The summed E-state index contributed by atoms with van der Waals surface area (Å²) >= 11 is 0. The summed E-state index contributed by atoms with van der Waals surface area (Å²) in [5, 5.41) is 22.4. The minimum Gasteiger partial charge on any atom is -0.396 e. The zero-order valence-corrected chi connectivity index (χ0v) is 18.9. The Hall–Kier alpha value is -2.71. The number of aliphatic hydroxyl groups is 2. The largest absolute Gasteiger partial charge is 0.396 e. The summed E-state index contributed by atoms with van der Waals surface area (Å²) in [4.78, 5) is 0.185. The highest BCUT2D eigenvalue weighted by molar-refractivity contribution is 7.89. The van der Waals surface area contributed by atoms with Crippen molar-refractivity contribution >= 4 is 31.8 Å². The fourth-order valence-electron chi connectivity index (χ4n) is 4.12. The molecule has 4 rings (SSSR count). The second kappa shape index (κ2) is 9.42. The van der Waals surface area contributed by atoms with Crippen molar-refractivity contribution in [3.05, 3.63) is 78.4 Å². The van der Waals surface area contributed by atoms with Gasteiger partial charge in [-0.2, -0.15) is 4.31 Å². The molecule has 1 atom stereocenters. The Labute approximate surface area is 188 Å². The summed E-state index contributed by atoms with van der Waals surface area (Å²) in [6, 6.07) is 22.7. The Morgan fingerprint density at radius 2 is 1.47 bits per heavy atom. The lowest BCUT2D eigenvalue weighted by molar-refractivity contribution is 0.127. The number of hydrogen-bond donors (Lipinski definition) is 2. The lowest BCUT2D eigenvalue weighted by atomic mass is 10.2. The normalized spacial score (nSPS) is 13.2. The monoisotopic (exact) mass is 452 g/mol. The molecule has 1 aromatic heterocycles. The topological polar surface area (TPSA) is 82.8 Å². The number of nitrogens with zero attached hydrogens (tertiary/aromatic N) is 2. The third kappa shape index (κ3) is 4.42. The Bertz CT molecular complexity index is 1260. The Morgan fingerprint density at radius 3 is 2.03 bits per heavy atom. The molecule has 0 spiro atoms. The first-order valence-electron chi connectivity index (χ1n) is 10.7. The van der Waals surface area contributed by atoms with Crippen LogP contribution in [0.2, 0.25) is 0 Å². The van der Waals surface area contributed by atoms with Gasteiger partial charge in [0.1, 0.15) is 0 Å². The van der Waals surface area contributed by atoms with E-state index in [2.05, 4.69) is 12.1 Å². The molecule has 0 unspecified atom stereocenters. The number of benzene rings is 3. The van der Waals surface area contributed by atoms with Gasteiger partial charge in [0.2, 0.25) is 10.0 Å². The van der Waals surface area contributed by atoms with E-state index < -0.39 is 16.1 Å². The van der Waals surface area contributed by atoms with E-state index in [0.29, 0.717) is 6.42 Å². The highest BCUT2D eigenvalue weighted by Crippen LogP contribution is 2.29. The van der Waals surface area contributed by atoms with E-state index in [4.69, 9.17) is 0 Å². The number of rotatable bonds is 9. The van der Waals surface area contributed by atoms with Crippen molar-refractivity contribution in [2.24, 2.45) is 0 Å². The zero-order valence-electron chi connectivity index (χ0n) is 18.1. The van der Waals surface area contributed by atoms with Gasteiger partial charge in [-0.15, -0.1) is 0 Å². The van der Waals surface area contributed by atoms with Crippen molar-refractivity contribution in [1.29, 1.82) is 0 Å². The van der Waals surface area contributed by atoms with Crippen LogP contribution in [-0.4, -0.2) is 53.3 Å². The maximum atomic E-state index is 13.2. The highest BCUT2D eigenvalue weighted by Gasteiger charge is 2.27. The van der Waals surface area contributed by atoms with Gasteiger partial charge in [-0.05, 0) is 37.6 Å². The molecule has 1 heterocycles. The molecule has 0 saturated carbocycles. The summed E-state index contributed by atoms with van der Waals surface area (Å²) in [6.07, 6.45) is -0.624. The molecule has 0 saturated heterocycles. The molecule has 0 bridgehead atoms. The van der Waals surface area contributed by atoms with Gasteiger partial charge in [-0.1, -0.05) is 54.1 Å². The van der Waals surface area contributed by atoms with Gasteiger partial charge in [-0.3, -0.25) is 0 Å². The molecule has 168 valence electrons. The maximum Gasteiger partial charge on any atom is 0.243 e. The van der Waals surface area contributed by atoms with Crippen LogP contribution in [0, 0.1) is 6.92 Å². The average molecular weight is 453 g/mol. The Balaban J connectivity index is 1.63. The van der Waals surface area contributed by atoms with Gasteiger partial charge in [0.15, 0.2) is 0 Å². The van der Waals surface area contributed by atoms with Crippen molar-refractivity contribution < 1.29 is 18.6 Å². The molecule has 32 heavy (non-hydrogen) atoms. The minimum atomic E-state index is -3.80. The van der Waals surface area contributed by atoms with Crippen molar-refractivity contribution in [1.82, 2.24) is 8.87 Å². The van der Waals surface area contributed by atoms with Gasteiger partial charge >= 0.3 is 0 Å². The van der Waals surface area contributed by atoms with E-state index in [1.807, 2.05) is 47.9 Å². The average Bonchev–Trinajstić information content (AvgIpc) is 3.10. The lowest BCUT2D eigenvalue weighted by Gasteiger charge is -2.25. The summed E-state index contributed by atoms with van der Waals surface area (Å²) < 4.78 is 29.8. The highest BCUT2D eigenvalue weighted by atomic mass is 32.2. The Kier molecular flexibility index (Phi) is 6.62. The summed E-state index contributed by atoms with van der Waals surface area (Å²) in [7, 11) is -3.80. The van der Waals surface area contributed by atoms with Crippen LogP contribution in [-0.2, 0) is 16.6 Å². The number of aliphatic hydroxyl groups excluding tert-OH is 2. The number of aromatic nitrogens is 1. The van der Waals surface area contributed by atoms with E-state index in [1.54, 1.807) is 24.3 Å². The number of hydrogen-bond acceptors (Lipinski definition) is 4. The first kappa shape index (κ1) is 22.5. The smallest absolute Gasteiger partial charge is 0.243 e. The predicted molar refractivity (Wildman–Crippen MR) is 127 cm³/mol. The molecule has 2 N–H and O–H groups in total. The van der Waals surface area contributed by atoms with Gasteiger partial charge in [-0.25, -0.2) is 8.42 Å². The van der Waals surface area contributed by atoms with Gasteiger partial charge < -0.3 is 14.8 Å². The van der Waals surface area contributed by atoms with Crippen LogP contribution in [0.5, 0.6) is 0 Å². The van der Waals surface area contributed by atoms with Crippen LogP contribution in [0.4, 0.5) is 0 Å². The standard InChI is InChI=1S/C25H28N2O4S/c1-19-11-13-21(14-12-19)32(30,31)26(15-6-16-28)17-20(29)18-27-24-9-4-2-7-22(24)23-8-3-5-10-25(23)27/h2-5,7-14,20,28-29H,6,15-18H2,1H3/t20-/m0/s1. The van der Waals surface area contributed by atoms with Crippen molar-refractivity contribution in [2.75, 3.05) is 19.7 Å². The van der Waals surface area contributed by atoms with Gasteiger partial charge in [0.25, 0.3) is 0 Å². The molecule has 0 fully saturated rings. The molecule has 0 aliphatic carbocycles. The first-order chi connectivity index (χ1) is 15.4. The van der Waals surface area contributed by atoms with E-state index in [0.717, 1.165) is 27.4 Å². The van der Waals surface area contributed by atoms with Gasteiger partial charge in [0, 0.05) is 41.5 Å². The molecule has 7 heteroatoms. The van der Waals surface area contributed by atoms with Crippen LogP contribution in [0.15, 0.2) is 77.7 Å². The van der Waals surface area contributed by atoms with Crippen molar-refractivity contribution in [3.63, 3.8) is 0 Å². The quantitative estimate of drug-likeness (QED) is 0.407. The van der Waals surface area contributed by atoms with E-state index in [1.165, 1.54) is 4.31 Å². The number of sulfonamides is 1. The molecule has 4 aromatic rings. The van der Waals surface area contributed by atoms with Crippen LogP contribution in [0.1, 0.15) is 12.0 Å². The minimum absolute atomic E-state index is 0.0585. The number of aryl methyl sites for hydroxylation is 1. The molecule has 0 amide bonds. The maximum absolute atomic E-state index is 13.2. The van der Waals surface area contributed by atoms with Crippen LogP contribution in [0.25, 0.3) is 21.8 Å². The fourth-order valence-corrected chi connectivity index (χ4v) is 5.64. The molecule has 0 radical (unpaired) electrons. The van der Waals surface area contributed by atoms with Gasteiger partial charge in [0.05, 0.1) is 17.5 Å². The van der Waals surface area contributed by atoms with Crippen LogP contribution in [0.3, 0.4) is 0 Å². The molecule has 3 aromatic carbocycles. The number of fused-ring (bicyclic) bond motifs is 3. The zero-order chi connectivity index (χ0) is 22.7. The molecule has 0 aliphatic heterocycles. The fraction of sp³-hybridized carbons (Fsp3) is 0.280. The molecular weight excluding hydrogens is 424 g/mol. The molecular formula is C25H28N2O4S. The molecule has 6 nitrogen and oxygen atoms in total. The first-order valence-corrected chi connectivity index (χ1v) is 12.2. The van der Waals surface area contributed by atoms with Crippen LogP contribution >= 0.6 is 0 Å². The van der Waals surface area contributed by atoms with Crippen LogP contribution < -0.4 is 0 Å². The number of para-hydroxylation sites is 2. The van der Waals surface area contributed by atoms with E-state index in [9.17, 15) is 18.6 Å². The molecule has 0 aliphatic rings.